The molecule has 1 heterocycles. The number of nitrogens with one attached hydrogen (secondary N) is 2. The monoisotopic (exact) mass is 430 g/mol. The first-order valence-electron chi connectivity index (χ1n) is 8.58. The third kappa shape index (κ3) is 8.01. The van der Waals surface area contributed by atoms with Crippen LogP contribution in [0.2, 0.25) is 0 Å². The van der Waals surface area contributed by atoms with Crippen LogP contribution < -0.4 is 10.6 Å². The lowest BCUT2D eigenvalue weighted by Gasteiger charge is -2.15. The van der Waals surface area contributed by atoms with E-state index in [-0.39, 0.29) is 24.0 Å². The fraction of sp³-hybridized carbons (Fsp3) is 0.611. The van der Waals surface area contributed by atoms with Crippen molar-refractivity contribution >= 4 is 29.9 Å². The van der Waals surface area contributed by atoms with E-state index in [2.05, 4.69) is 58.6 Å². The zero-order valence-electron chi connectivity index (χ0n) is 14.5. The summed E-state index contributed by atoms with van der Waals surface area (Å²) in [6, 6.07) is 8.54. The molecule has 0 aliphatic carbocycles. The van der Waals surface area contributed by atoms with E-state index in [1.165, 1.54) is 50.0 Å². The maximum absolute atomic E-state index is 4.67. The SMILES string of the molecule is CCNC(=NCc1cccc(C)c1)NCCCN1CCCC1.I. The van der Waals surface area contributed by atoms with Crippen LogP contribution >= 0.6 is 24.0 Å². The minimum absolute atomic E-state index is 0. The first-order chi connectivity index (χ1) is 10.8. The van der Waals surface area contributed by atoms with Gasteiger partial charge in [-0.3, -0.25) is 0 Å². The standard InChI is InChI=1S/C18H30N4.HI/c1-3-19-18(20-10-7-13-22-11-4-5-12-22)21-15-17-9-6-8-16(2)14-17;/h6,8-9,14H,3-5,7,10-13,15H2,1-2H3,(H2,19,20,21);1H. The van der Waals surface area contributed by atoms with Crippen molar-refractivity contribution in [1.82, 2.24) is 15.5 Å². The molecule has 1 aromatic rings. The van der Waals surface area contributed by atoms with Gasteiger partial charge in [0, 0.05) is 13.1 Å². The smallest absolute Gasteiger partial charge is 0.191 e. The Kier molecular flexibility index (Phi) is 10.3. The van der Waals surface area contributed by atoms with E-state index in [9.17, 15) is 0 Å². The zero-order valence-corrected chi connectivity index (χ0v) is 16.8. The second-order valence-electron chi connectivity index (χ2n) is 6.01. The molecule has 0 bridgehead atoms. The van der Waals surface area contributed by atoms with Crippen LogP contribution in [0.5, 0.6) is 0 Å². The average Bonchev–Trinajstić information content (AvgIpc) is 3.02. The van der Waals surface area contributed by atoms with Gasteiger partial charge in [-0.05, 0) is 58.3 Å². The van der Waals surface area contributed by atoms with E-state index < -0.39 is 0 Å². The number of hydrogen-bond donors (Lipinski definition) is 2. The second-order valence-corrected chi connectivity index (χ2v) is 6.01. The summed E-state index contributed by atoms with van der Waals surface area (Å²) in [5.41, 5.74) is 2.55. The molecule has 0 saturated carbocycles. The average molecular weight is 430 g/mol. The molecule has 0 aromatic heterocycles. The fourth-order valence-corrected chi connectivity index (χ4v) is 2.84. The van der Waals surface area contributed by atoms with Crippen molar-refractivity contribution in [2.75, 3.05) is 32.7 Å². The summed E-state index contributed by atoms with van der Waals surface area (Å²) < 4.78 is 0. The van der Waals surface area contributed by atoms with Gasteiger partial charge in [-0.15, -0.1) is 24.0 Å². The highest BCUT2D eigenvalue weighted by Gasteiger charge is 2.10. The van der Waals surface area contributed by atoms with Gasteiger partial charge in [-0.1, -0.05) is 29.8 Å². The molecular weight excluding hydrogens is 399 g/mol. The molecular formula is C18H31IN4. The molecule has 0 unspecified atom stereocenters. The van der Waals surface area contributed by atoms with Crippen LogP contribution in [-0.2, 0) is 6.54 Å². The third-order valence-corrected chi connectivity index (χ3v) is 3.99. The van der Waals surface area contributed by atoms with Crippen molar-refractivity contribution in [2.24, 2.45) is 4.99 Å². The second kappa shape index (κ2) is 11.7. The maximum Gasteiger partial charge on any atom is 0.191 e. The number of aliphatic imine (C=N–C) groups is 1. The highest BCUT2D eigenvalue weighted by atomic mass is 127. The zero-order chi connectivity index (χ0) is 15.6. The first-order valence-corrected chi connectivity index (χ1v) is 8.58. The molecule has 23 heavy (non-hydrogen) atoms. The number of aryl methyl sites for hydroxylation is 1. The molecule has 2 N–H and O–H groups in total. The molecule has 1 aliphatic rings. The van der Waals surface area contributed by atoms with Crippen molar-refractivity contribution in [3.05, 3.63) is 35.4 Å². The van der Waals surface area contributed by atoms with Crippen LogP contribution in [0.25, 0.3) is 0 Å². The Balaban J connectivity index is 0.00000264. The van der Waals surface area contributed by atoms with Crippen molar-refractivity contribution < 1.29 is 0 Å². The summed E-state index contributed by atoms with van der Waals surface area (Å²) in [5, 5.41) is 6.76. The number of hydrogen-bond acceptors (Lipinski definition) is 2. The number of likely N-dealkylation sites (tertiary alicyclic amines) is 1. The normalized spacial score (nSPS) is 15.3. The van der Waals surface area contributed by atoms with E-state index in [0.29, 0.717) is 0 Å². The van der Waals surface area contributed by atoms with Crippen molar-refractivity contribution in [1.29, 1.82) is 0 Å². The van der Waals surface area contributed by atoms with Crippen LogP contribution in [-0.4, -0.2) is 43.6 Å². The highest BCUT2D eigenvalue weighted by molar-refractivity contribution is 14.0. The molecule has 1 aromatic carbocycles. The number of nitrogens with zero attached hydrogens (tertiary/aromatic N) is 2. The van der Waals surface area contributed by atoms with E-state index in [4.69, 9.17) is 0 Å². The van der Waals surface area contributed by atoms with E-state index in [1.54, 1.807) is 0 Å². The molecule has 2 rings (SSSR count). The van der Waals surface area contributed by atoms with Crippen LogP contribution in [0, 0.1) is 6.92 Å². The molecule has 0 amide bonds. The van der Waals surface area contributed by atoms with Gasteiger partial charge in [-0.25, -0.2) is 4.99 Å². The third-order valence-electron chi connectivity index (χ3n) is 3.99. The molecule has 0 radical (unpaired) electrons. The van der Waals surface area contributed by atoms with Gasteiger partial charge in [0.05, 0.1) is 6.54 Å². The Bertz CT molecular complexity index is 470. The number of benzene rings is 1. The summed E-state index contributed by atoms with van der Waals surface area (Å²) in [4.78, 5) is 7.23. The Morgan fingerprint density at radius 1 is 1.22 bits per heavy atom. The molecule has 0 spiro atoms. The van der Waals surface area contributed by atoms with Gasteiger partial charge in [0.25, 0.3) is 0 Å². The predicted molar refractivity (Wildman–Crippen MR) is 110 cm³/mol. The number of rotatable bonds is 7. The van der Waals surface area contributed by atoms with E-state index >= 15 is 0 Å². The van der Waals surface area contributed by atoms with Gasteiger partial charge in [0.1, 0.15) is 0 Å². The van der Waals surface area contributed by atoms with Gasteiger partial charge in [0.15, 0.2) is 5.96 Å². The summed E-state index contributed by atoms with van der Waals surface area (Å²) >= 11 is 0. The summed E-state index contributed by atoms with van der Waals surface area (Å²) in [6.45, 7) is 10.6. The maximum atomic E-state index is 4.67. The van der Waals surface area contributed by atoms with E-state index in [0.717, 1.165) is 25.6 Å². The summed E-state index contributed by atoms with van der Waals surface area (Å²) in [5.74, 6) is 0.922. The van der Waals surface area contributed by atoms with Gasteiger partial charge in [0.2, 0.25) is 0 Å². The van der Waals surface area contributed by atoms with E-state index in [1.807, 2.05) is 0 Å². The Hall–Kier alpha value is -0.820. The largest absolute Gasteiger partial charge is 0.357 e. The molecule has 130 valence electrons. The topological polar surface area (TPSA) is 39.7 Å². The predicted octanol–water partition coefficient (Wildman–Crippen LogP) is 3.15. The molecule has 4 nitrogen and oxygen atoms in total. The first kappa shape index (κ1) is 20.2. The molecule has 1 saturated heterocycles. The molecule has 1 aliphatic heterocycles. The van der Waals surface area contributed by atoms with Gasteiger partial charge < -0.3 is 15.5 Å². The Labute approximate surface area is 158 Å². The Morgan fingerprint density at radius 2 is 2.00 bits per heavy atom. The van der Waals surface area contributed by atoms with Crippen LogP contribution in [0.3, 0.4) is 0 Å². The molecule has 5 heteroatoms. The van der Waals surface area contributed by atoms with Gasteiger partial charge >= 0.3 is 0 Å². The highest BCUT2D eigenvalue weighted by Crippen LogP contribution is 2.07. The minimum atomic E-state index is 0. The lowest BCUT2D eigenvalue weighted by atomic mass is 10.1. The fourth-order valence-electron chi connectivity index (χ4n) is 2.84. The summed E-state index contributed by atoms with van der Waals surface area (Å²) in [6.07, 6.45) is 3.91. The quantitative estimate of drug-likeness (QED) is 0.302. The summed E-state index contributed by atoms with van der Waals surface area (Å²) in [7, 11) is 0. The molecule has 0 atom stereocenters. The molecule has 1 fully saturated rings. The van der Waals surface area contributed by atoms with Crippen molar-refractivity contribution in [3.63, 3.8) is 0 Å². The lowest BCUT2D eigenvalue weighted by Crippen LogP contribution is -2.38. The van der Waals surface area contributed by atoms with Crippen LogP contribution in [0.4, 0.5) is 0 Å². The van der Waals surface area contributed by atoms with Crippen LogP contribution in [0.1, 0.15) is 37.3 Å². The minimum Gasteiger partial charge on any atom is -0.357 e. The van der Waals surface area contributed by atoms with Crippen LogP contribution in [0.15, 0.2) is 29.3 Å². The lowest BCUT2D eigenvalue weighted by molar-refractivity contribution is 0.334. The van der Waals surface area contributed by atoms with Crippen molar-refractivity contribution in [2.45, 2.75) is 39.7 Å². The number of halogens is 1. The van der Waals surface area contributed by atoms with Crippen molar-refractivity contribution in [3.8, 4) is 0 Å². The Morgan fingerprint density at radius 3 is 2.70 bits per heavy atom. The van der Waals surface area contributed by atoms with Gasteiger partial charge in [-0.2, -0.15) is 0 Å². The number of guanidine groups is 1.